The molecule has 0 aliphatic heterocycles. The minimum Gasteiger partial charge on any atom is -0.497 e. The van der Waals surface area contributed by atoms with Gasteiger partial charge in [-0.15, -0.1) is 0 Å². The normalized spacial score (nSPS) is 10.4. The van der Waals surface area contributed by atoms with Gasteiger partial charge in [-0.2, -0.15) is 4.39 Å². The molecule has 6 heteroatoms. The van der Waals surface area contributed by atoms with Crippen LogP contribution in [-0.4, -0.2) is 12.0 Å². The second kappa shape index (κ2) is 6.81. The molecule has 2 aromatic carbocycles. The van der Waals surface area contributed by atoms with Crippen LogP contribution in [0.4, 0.5) is 10.1 Å². The van der Waals surface area contributed by atoms with Gasteiger partial charge in [0.05, 0.1) is 25.2 Å². The molecule has 0 unspecified atom stereocenters. The van der Waals surface area contributed by atoms with E-state index in [9.17, 15) is 14.5 Å². The largest absolute Gasteiger partial charge is 0.497 e. The molecular formula is C15H14FNO4. The Morgan fingerprint density at radius 1 is 1.14 bits per heavy atom. The summed E-state index contributed by atoms with van der Waals surface area (Å²) in [6, 6.07) is 11.3. The fourth-order valence-corrected chi connectivity index (χ4v) is 1.82. The van der Waals surface area contributed by atoms with E-state index in [0.717, 1.165) is 17.4 Å². The number of hydrogen-bond acceptors (Lipinski definition) is 4. The molecule has 110 valence electrons. The lowest BCUT2D eigenvalue weighted by atomic mass is 10.2. The molecule has 21 heavy (non-hydrogen) atoms. The van der Waals surface area contributed by atoms with Crippen LogP contribution in [-0.2, 0) is 18.0 Å². The average molecular weight is 291 g/mol. The molecule has 2 aromatic rings. The van der Waals surface area contributed by atoms with Gasteiger partial charge < -0.3 is 9.47 Å². The monoisotopic (exact) mass is 291 g/mol. The number of rotatable bonds is 6. The molecule has 0 amide bonds. The number of ether oxygens (including phenoxy) is 2. The maximum Gasteiger partial charge on any atom is 0.305 e. The van der Waals surface area contributed by atoms with Crippen LogP contribution >= 0.6 is 0 Å². The van der Waals surface area contributed by atoms with Gasteiger partial charge in [0, 0.05) is 11.6 Å². The highest BCUT2D eigenvalue weighted by Crippen LogP contribution is 2.21. The van der Waals surface area contributed by atoms with Crippen molar-refractivity contribution in [3.63, 3.8) is 0 Å². The van der Waals surface area contributed by atoms with Crippen molar-refractivity contribution in [2.24, 2.45) is 0 Å². The Kier molecular flexibility index (Phi) is 4.84. The lowest BCUT2D eigenvalue weighted by molar-refractivity contribution is -0.387. The van der Waals surface area contributed by atoms with E-state index in [-0.39, 0.29) is 18.8 Å². The fourth-order valence-electron chi connectivity index (χ4n) is 1.82. The van der Waals surface area contributed by atoms with Gasteiger partial charge in [0.15, 0.2) is 0 Å². The van der Waals surface area contributed by atoms with E-state index >= 15 is 0 Å². The van der Waals surface area contributed by atoms with Gasteiger partial charge in [0.25, 0.3) is 0 Å². The molecule has 0 atom stereocenters. The second-order valence-corrected chi connectivity index (χ2v) is 4.35. The first-order valence-electron chi connectivity index (χ1n) is 6.24. The highest BCUT2D eigenvalue weighted by molar-refractivity contribution is 5.36. The van der Waals surface area contributed by atoms with Gasteiger partial charge in [0.2, 0.25) is 5.82 Å². The van der Waals surface area contributed by atoms with E-state index in [0.29, 0.717) is 0 Å². The van der Waals surface area contributed by atoms with Crippen LogP contribution in [0.2, 0.25) is 0 Å². The van der Waals surface area contributed by atoms with Crippen molar-refractivity contribution in [1.29, 1.82) is 0 Å². The van der Waals surface area contributed by atoms with Crippen LogP contribution in [0.3, 0.4) is 0 Å². The predicted octanol–water partition coefficient (Wildman–Crippen LogP) is 3.46. The third-order valence-electron chi connectivity index (χ3n) is 2.94. The zero-order valence-corrected chi connectivity index (χ0v) is 11.4. The molecule has 0 spiro atoms. The molecule has 0 saturated heterocycles. The third kappa shape index (κ3) is 3.76. The first-order chi connectivity index (χ1) is 10.1. The SMILES string of the molecule is COc1ccc(COCc2cccc([N+](=O)[O-])c2F)cc1. The summed E-state index contributed by atoms with van der Waals surface area (Å²) < 4.78 is 24.2. The van der Waals surface area contributed by atoms with E-state index in [2.05, 4.69) is 0 Å². The van der Waals surface area contributed by atoms with Gasteiger partial charge in [-0.3, -0.25) is 10.1 Å². The van der Waals surface area contributed by atoms with Crippen LogP contribution < -0.4 is 4.74 Å². The molecule has 5 nitrogen and oxygen atoms in total. The Morgan fingerprint density at radius 3 is 2.48 bits per heavy atom. The fraction of sp³-hybridized carbons (Fsp3) is 0.200. The van der Waals surface area contributed by atoms with E-state index in [1.807, 2.05) is 12.1 Å². The molecule has 0 N–H and O–H groups in total. The Balaban J connectivity index is 1.97. The number of halogens is 1. The Hall–Kier alpha value is -2.47. The Morgan fingerprint density at radius 2 is 1.86 bits per heavy atom. The minimum absolute atomic E-state index is 0.0282. The molecular weight excluding hydrogens is 277 g/mol. The predicted molar refractivity (Wildman–Crippen MR) is 74.5 cm³/mol. The van der Waals surface area contributed by atoms with Gasteiger partial charge >= 0.3 is 5.69 Å². The smallest absolute Gasteiger partial charge is 0.305 e. The molecule has 0 fully saturated rings. The number of benzene rings is 2. The minimum atomic E-state index is -0.850. The molecule has 0 aliphatic carbocycles. The lowest BCUT2D eigenvalue weighted by Crippen LogP contribution is -2.00. The summed E-state index contributed by atoms with van der Waals surface area (Å²) in [4.78, 5) is 9.89. The summed E-state index contributed by atoms with van der Waals surface area (Å²) in [5.41, 5.74) is 0.528. The number of methoxy groups -OCH3 is 1. The maximum atomic E-state index is 13.8. The van der Waals surface area contributed by atoms with Gasteiger partial charge in [-0.1, -0.05) is 24.3 Å². The molecule has 0 bridgehead atoms. The summed E-state index contributed by atoms with van der Waals surface area (Å²) in [6.07, 6.45) is 0. The summed E-state index contributed by atoms with van der Waals surface area (Å²) >= 11 is 0. The van der Waals surface area contributed by atoms with Crippen LogP contribution in [0.1, 0.15) is 11.1 Å². The highest BCUT2D eigenvalue weighted by Gasteiger charge is 2.16. The molecule has 0 radical (unpaired) electrons. The van der Waals surface area contributed by atoms with Gasteiger partial charge in [-0.05, 0) is 17.7 Å². The van der Waals surface area contributed by atoms with Crippen LogP contribution in [0.5, 0.6) is 5.75 Å². The molecule has 0 aliphatic rings. The summed E-state index contributed by atoms with van der Waals surface area (Å²) in [7, 11) is 1.58. The van der Waals surface area contributed by atoms with E-state index in [1.54, 1.807) is 19.2 Å². The molecule has 0 aromatic heterocycles. The average Bonchev–Trinajstić information content (AvgIpc) is 2.49. The van der Waals surface area contributed by atoms with E-state index in [4.69, 9.17) is 9.47 Å². The standard InChI is InChI=1S/C15H14FNO4/c1-20-13-7-5-11(6-8-13)9-21-10-12-3-2-4-14(15(12)16)17(18)19/h2-8H,9-10H2,1H3. The van der Waals surface area contributed by atoms with Crippen molar-refractivity contribution < 1.29 is 18.8 Å². The molecule has 0 heterocycles. The maximum absolute atomic E-state index is 13.8. The summed E-state index contributed by atoms with van der Waals surface area (Å²) in [6.45, 7) is 0.256. The first kappa shape index (κ1) is 14.9. The lowest BCUT2D eigenvalue weighted by Gasteiger charge is -2.06. The van der Waals surface area contributed by atoms with Gasteiger partial charge in [0.1, 0.15) is 5.75 Å². The summed E-state index contributed by atoms with van der Waals surface area (Å²) in [5.74, 6) is -0.110. The van der Waals surface area contributed by atoms with Crippen molar-refractivity contribution in [1.82, 2.24) is 0 Å². The van der Waals surface area contributed by atoms with E-state index < -0.39 is 16.4 Å². The zero-order valence-electron chi connectivity index (χ0n) is 11.4. The van der Waals surface area contributed by atoms with Crippen molar-refractivity contribution in [2.45, 2.75) is 13.2 Å². The van der Waals surface area contributed by atoms with Crippen LogP contribution in [0.25, 0.3) is 0 Å². The van der Waals surface area contributed by atoms with Gasteiger partial charge in [-0.25, -0.2) is 0 Å². The zero-order chi connectivity index (χ0) is 15.2. The van der Waals surface area contributed by atoms with Crippen molar-refractivity contribution in [3.8, 4) is 5.75 Å². The Labute approximate surface area is 121 Å². The molecule has 0 saturated carbocycles. The Bertz CT molecular complexity index is 628. The quantitative estimate of drug-likeness (QED) is 0.604. The van der Waals surface area contributed by atoms with Crippen molar-refractivity contribution >= 4 is 5.69 Å². The topological polar surface area (TPSA) is 61.6 Å². The highest BCUT2D eigenvalue weighted by atomic mass is 19.1. The second-order valence-electron chi connectivity index (χ2n) is 4.35. The van der Waals surface area contributed by atoms with Crippen molar-refractivity contribution in [2.75, 3.05) is 7.11 Å². The summed E-state index contributed by atoms with van der Waals surface area (Å²) in [5, 5.41) is 10.6. The van der Waals surface area contributed by atoms with Crippen molar-refractivity contribution in [3.05, 3.63) is 69.5 Å². The van der Waals surface area contributed by atoms with Crippen LogP contribution in [0.15, 0.2) is 42.5 Å². The number of nitro groups is 1. The van der Waals surface area contributed by atoms with Crippen LogP contribution in [0, 0.1) is 15.9 Å². The number of nitrogens with zero attached hydrogens (tertiary/aromatic N) is 1. The van der Waals surface area contributed by atoms with E-state index in [1.165, 1.54) is 12.1 Å². The third-order valence-corrected chi connectivity index (χ3v) is 2.94. The number of hydrogen-bond donors (Lipinski definition) is 0. The molecule has 2 rings (SSSR count). The first-order valence-corrected chi connectivity index (χ1v) is 6.24. The number of nitro benzene ring substituents is 1.